The molecule has 0 spiro atoms. The van der Waals surface area contributed by atoms with Gasteiger partial charge in [0.25, 0.3) is 5.56 Å². The van der Waals surface area contributed by atoms with Crippen molar-refractivity contribution < 1.29 is 31.1 Å². The normalized spacial score (nSPS) is 20.6. The Morgan fingerprint density at radius 2 is 1.74 bits per heavy atom. The Kier molecular flexibility index (Phi) is 7.51. The molecule has 2 amide bonds. The molecule has 2 aliphatic heterocycles. The van der Waals surface area contributed by atoms with Crippen LogP contribution in [0.2, 0.25) is 0 Å². The maximum Gasteiger partial charge on any atom is 0.423 e. The first-order chi connectivity index (χ1) is 17.8. The van der Waals surface area contributed by atoms with Crippen molar-refractivity contribution in [3.05, 3.63) is 52.2 Å². The largest absolute Gasteiger partial charge is 0.423 e. The van der Waals surface area contributed by atoms with Crippen LogP contribution in [0.15, 0.2) is 35.5 Å². The van der Waals surface area contributed by atoms with E-state index in [1.807, 2.05) is 0 Å². The number of aromatic amines is 1. The first-order valence-corrected chi connectivity index (χ1v) is 11.6. The van der Waals surface area contributed by atoms with Crippen LogP contribution >= 0.6 is 0 Å². The molecule has 2 fully saturated rings. The second kappa shape index (κ2) is 10.5. The lowest BCUT2D eigenvalue weighted by Gasteiger charge is -2.40. The predicted molar refractivity (Wildman–Crippen MR) is 123 cm³/mol. The first kappa shape index (κ1) is 27.2. The average molecular weight is 546 g/mol. The van der Waals surface area contributed by atoms with Crippen molar-refractivity contribution in [3.8, 4) is 0 Å². The second-order valence-electron chi connectivity index (χ2n) is 9.00. The smallest absolute Gasteiger partial charge is 0.377 e. The molecular formula is C22H24F6N8O2. The minimum Gasteiger partial charge on any atom is -0.377 e. The number of H-pyrrole nitrogens is 1. The Bertz CT molecular complexity index is 1220. The summed E-state index contributed by atoms with van der Waals surface area (Å²) >= 11 is 0. The third-order valence-corrected chi connectivity index (χ3v) is 6.28. The monoisotopic (exact) mass is 546 g/mol. The first-order valence-electron chi connectivity index (χ1n) is 11.6. The van der Waals surface area contributed by atoms with Gasteiger partial charge in [-0.3, -0.25) is 4.79 Å². The van der Waals surface area contributed by atoms with Crippen LogP contribution < -0.4 is 21.1 Å². The minimum absolute atomic E-state index is 0.103. The maximum absolute atomic E-state index is 13.2. The van der Waals surface area contributed by atoms with E-state index in [9.17, 15) is 35.9 Å². The lowest BCUT2D eigenvalue weighted by Crippen LogP contribution is -2.58. The standard InChI is InChI=1S/C22H24F6N8O2/c1-12(33-16-9-32-34-18(37)17(16)22(26,27)28)3-2-6-29-20(38)36-14-4-5-15(36)11-35(10-14)19-30-7-13(8-31-19)21(23,24)25/h2-3,7-9,12,14-15H,4-6,10-11H2,1H3,(H,29,38)(H2,33,34,37)/b3-2+/t12-,14?,15?/m0/s1. The van der Waals surface area contributed by atoms with Crippen LogP contribution in [-0.2, 0) is 12.4 Å². The number of carbonyl (C=O) groups is 1. The third kappa shape index (κ3) is 5.99. The molecule has 10 nitrogen and oxygen atoms in total. The molecule has 2 bridgehead atoms. The highest BCUT2D eigenvalue weighted by molar-refractivity contribution is 5.76. The molecule has 2 unspecified atom stereocenters. The lowest BCUT2D eigenvalue weighted by molar-refractivity contribution is -0.139. The maximum atomic E-state index is 13.2. The summed E-state index contributed by atoms with van der Waals surface area (Å²) in [6.45, 7) is 2.42. The minimum atomic E-state index is -4.86. The van der Waals surface area contributed by atoms with E-state index in [1.165, 1.54) is 6.08 Å². The molecule has 2 aromatic heterocycles. The van der Waals surface area contributed by atoms with Gasteiger partial charge in [-0.05, 0) is 19.8 Å². The fourth-order valence-electron chi connectivity index (χ4n) is 4.62. The number of halogens is 6. The highest BCUT2D eigenvalue weighted by Gasteiger charge is 2.43. The van der Waals surface area contributed by atoms with Crippen LogP contribution in [0.1, 0.15) is 30.9 Å². The van der Waals surface area contributed by atoms with Crippen LogP contribution in [0.5, 0.6) is 0 Å². The Labute approximate surface area is 212 Å². The molecule has 4 rings (SSSR count). The average Bonchev–Trinajstić information content (AvgIpc) is 3.09. The van der Waals surface area contributed by atoms with Crippen molar-refractivity contribution >= 4 is 17.7 Å². The van der Waals surface area contributed by atoms with Crippen molar-refractivity contribution in [2.45, 2.75) is 50.2 Å². The third-order valence-electron chi connectivity index (χ3n) is 6.28. The Morgan fingerprint density at radius 1 is 1.11 bits per heavy atom. The van der Waals surface area contributed by atoms with E-state index < -0.39 is 40.8 Å². The van der Waals surface area contributed by atoms with Crippen molar-refractivity contribution in [2.24, 2.45) is 0 Å². The van der Waals surface area contributed by atoms with Gasteiger partial charge >= 0.3 is 18.4 Å². The van der Waals surface area contributed by atoms with Gasteiger partial charge in [0, 0.05) is 38.1 Å². The number of hydrogen-bond donors (Lipinski definition) is 3. The number of nitrogens with one attached hydrogen (secondary N) is 3. The molecule has 3 atom stereocenters. The number of amides is 2. The molecule has 0 radical (unpaired) electrons. The van der Waals surface area contributed by atoms with E-state index in [2.05, 4.69) is 25.7 Å². The summed E-state index contributed by atoms with van der Waals surface area (Å²) in [5, 5.41) is 10.5. The number of aromatic nitrogens is 4. The molecule has 3 N–H and O–H groups in total. The number of alkyl halides is 6. The van der Waals surface area contributed by atoms with Gasteiger partial charge in [0.1, 0.15) is 5.56 Å². The number of hydrogen-bond acceptors (Lipinski definition) is 7. The molecule has 16 heteroatoms. The van der Waals surface area contributed by atoms with E-state index in [4.69, 9.17) is 0 Å². The number of anilines is 2. The van der Waals surface area contributed by atoms with Crippen LogP contribution in [0.4, 0.5) is 42.8 Å². The van der Waals surface area contributed by atoms with E-state index >= 15 is 0 Å². The van der Waals surface area contributed by atoms with Gasteiger partial charge in [0.05, 0.1) is 29.5 Å². The summed E-state index contributed by atoms with van der Waals surface area (Å²) in [5.41, 5.74) is -4.13. The van der Waals surface area contributed by atoms with Gasteiger partial charge < -0.3 is 20.4 Å². The van der Waals surface area contributed by atoms with E-state index in [1.54, 1.807) is 27.9 Å². The van der Waals surface area contributed by atoms with Gasteiger partial charge in [0.2, 0.25) is 5.95 Å². The Morgan fingerprint density at radius 3 is 2.32 bits per heavy atom. The zero-order valence-electron chi connectivity index (χ0n) is 20.0. The quantitative estimate of drug-likeness (QED) is 0.377. The molecule has 38 heavy (non-hydrogen) atoms. The van der Waals surface area contributed by atoms with Gasteiger partial charge in [0.15, 0.2) is 0 Å². The van der Waals surface area contributed by atoms with Crippen molar-refractivity contribution in [2.75, 3.05) is 29.9 Å². The highest BCUT2D eigenvalue weighted by atomic mass is 19.4. The van der Waals surface area contributed by atoms with Gasteiger partial charge in [-0.25, -0.2) is 19.9 Å². The topological polar surface area (TPSA) is 119 Å². The fraction of sp³-hybridized carbons (Fsp3) is 0.500. The van der Waals surface area contributed by atoms with Crippen molar-refractivity contribution in [3.63, 3.8) is 0 Å². The summed E-state index contributed by atoms with van der Waals surface area (Å²) in [6, 6.07) is -1.28. The van der Waals surface area contributed by atoms with E-state index in [0.717, 1.165) is 31.4 Å². The van der Waals surface area contributed by atoms with Crippen LogP contribution in [-0.4, -0.2) is 68.9 Å². The fourth-order valence-corrected chi connectivity index (χ4v) is 4.62. The predicted octanol–water partition coefficient (Wildman–Crippen LogP) is 3.02. The zero-order valence-corrected chi connectivity index (χ0v) is 20.0. The number of piperazine rings is 1. The summed E-state index contributed by atoms with van der Waals surface area (Å²) in [4.78, 5) is 35.5. The van der Waals surface area contributed by atoms with Crippen molar-refractivity contribution in [1.29, 1.82) is 0 Å². The number of fused-ring (bicyclic) bond motifs is 2. The summed E-state index contributed by atoms with van der Waals surface area (Å²) in [7, 11) is 0. The number of carbonyl (C=O) groups excluding carboxylic acids is 1. The van der Waals surface area contributed by atoms with Crippen LogP contribution in [0.3, 0.4) is 0 Å². The van der Waals surface area contributed by atoms with Crippen LogP contribution in [0.25, 0.3) is 0 Å². The highest BCUT2D eigenvalue weighted by Crippen LogP contribution is 2.33. The molecule has 2 saturated heterocycles. The Balaban J connectivity index is 1.29. The number of nitrogens with zero attached hydrogens (tertiary/aromatic N) is 5. The summed E-state index contributed by atoms with van der Waals surface area (Å²) in [5.74, 6) is 0.170. The molecular weight excluding hydrogens is 522 g/mol. The number of urea groups is 1. The SMILES string of the molecule is C[C@@H](/C=C/CNC(=O)N1C2CCC1CN(c1ncc(C(F)(F)F)cn1)C2)Nc1cn[nH]c(=O)c1C(F)(F)F. The molecule has 206 valence electrons. The molecule has 4 heterocycles. The molecule has 0 aromatic carbocycles. The Hall–Kier alpha value is -3.85. The molecule has 2 aliphatic rings. The number of rotatable bonds is 6. The lowest BCUT2D eigenvalue weighted by atomic mass is 10.2. The molecule has 0 saturated carbocycles. The zero-order chi connectivity index (χ0) is 27.7. The summed E-state index contributed by atoms with van der Waals surface area (Å²) in [6.07, 6.45) is -2.49. The second-order valence-corrected chi connectivity index (χ2v) is 9.00. The van der Waals surface area contributed by atoms with Gasteiger partial charge in [-0.2, -0.15) is 31.4 Å². The summed E-state index contributed by atoms with van der Waals surface area (Å²) < 4.78 is 77.8. The van der Waals surface area contributed by atoms with E-state index in [-0.39, 0.29) is 30.6 Å². The molecule has 2 aromatic rings. The van der Waals surface area contributed by atoms with Gasteiger partial charge in [-0.1, -0.05) is 12.2 Å². The van der Waals surface area contributed by atoms with Crippen LogP contribution in [0, 0.1) is 0 Å². The van der Waals surface area contributed by atoms with E-state index in [0.29, 0.717) is 13.1 Å². The van der Waals surface area contributed by atoms with Gasteiger partial charge in [-0.15, -0.1) is 0 Å². The van der Waals surface area contributed by atoms with Crippen molar-refractivity contribution in [1.82, 2.24) is 30.4 Å². The molecule has 0 aliphatic carbocycles.